The molecule has 0 aliphatic carbocycles. The highest BCUT2D eigenvalue weighted by Gasteiger charge is 1.99. The number of hydrogen-bond donors (Lipinski definition) is 1. The lowest BCUT2D eigenvalue weighted by Gasteiger charge is -1.98. The summed E-state index contributed by atoms with van der Waals surface area (Å²) in [4.78, 5) is 3.97. The van der Waals surface area contributed by atoms with Crippen LogP contribution >= 0.6 is 15.9 Å². The number of nitriles is 1. The highest BCUT2D eigenvalue weighted by Crippen LogP contribution is 2.15. The van der Waals surface area contributed by atoms with Crippen molar-refractivity contribution in [1.82, 2.24) is 4.98 Å². The van der Waals surface area contributed by atoms with Crippen molar-refractivity contribution in [3.05, 3.63) is 22.3 Å². The molecule has 0 bridgehead atoms. The van der Waals surface area contributed by atoms with Crippen LogP contribution < -0.4 is 5.73 Å². The summed E-state index contributed by atoms with van der Waals surface area (Å²) in [5, 5.41) is 8.38. The third kappa shape index (κ3) is 1.92. The van der Waals surface area contributed by atoms with E-state index < -0.39 is 0 Å². The van der Waals surface area contributed by atoms with E-state index in [1.807, 2.05) is 6.07 Å². The standard InChI is InChI=1S/C7H6BrN3/c8-5-1-2-7(10)11-6(5)3-4-9/h1-2H,3H2,(H2,10,11). The van der Waals surface area contributed by atoms with E-state index in [0.717, 1.165) is 4.47 Å². The van der Waals surface area contributed by atoms with Crippen LogP contribution in [0.15, 0.2) is 16.6 Å². The number of halogens is 1. The van der Waals surface area contributed by atoms with Crippen LogP contribution in [-0.2, 0) is 6.42 Å². The SMILES string of the molecule is N#CCc1nc(N)ccc1Br. The van der Waals surface area contributed by atoms with Gasteiger partial charge in [-0.2, -0.15) is 5.26 Å². The Morgan fingerprint density at radius 3 is 3.00 bits per heavy atom. The molecule has 0 unspecified atom stereocenters. The smallest absolute Gasteiger partial charge is 0.123 e. The Hall–Kier alpha value is -1.08. The van der Waals surface area contributed by atoms with Gasteiger partial charge in [-0.25, -0.2) is 4.98 Å². The van der Waals surface area contributed by atoms with E-state index in [-0.39, 0.29) is 6.42 Å². The van der Waals surface area contributed by atoms with E-state index >= 15 is 0 Å². The largest absolute Gasteiger partial charge is 0.384 e. The number of nitrogens with zero attached hydrogens (tertiary/aromatic N) is 2. The Morgan fingerprint density at radius 1 is 1.64 bits per heavy atom. The molecule has 56 valence electrons. The topological polar surface area (TPSA) is 62.7 Å². The van der Waals surface area contributed by atoms with Crippen molar-refractivity contribution in [2.45, 2.75) is 6.42 Å². The first-order valence-electron chi connectivity index (χ1n) is 3.02. The Balaban J connectivity index is 3.05. The zero-order chi connectivity index (χ0) is 8.27. The van der Waals surface area contributed by atoms with Crippen molar-refractivity contribution in [3.8, 4) is 6.07 Å². The minimum absolute atomic E-state index is 0.283. The van der Waals surface area contributed by atoms with E-state index in [1.165, 1.54) is 0 Å². The molecule has 1 aromatic heterocycles. The number of hydrogen-bond acceptors (Lipinski definition) is 3. The van der Waals surface area contributed by atoms with Gasteiger partial charge in [-0.1, -0.05) is 0 Å². The highest BCUT2D eigenvalue weighted by atomic mass is 79.9. The van der Waals surface area contributed by atoms with Crippen LogP contribution in [0.5, 0.6) is 0 Å². The molecule has 4 heteroatoms. The molecule has 0 fully saturated rings. The van der Waals surface area contributed by atoms with Crippen LogP contribution in [0, 0.1) is 11.3 Å². The first-order valence-corrected chi connectivity index (χ1v) is 3.81. The zero-order valence-electron chi connectivity index (χ0n) is 5.71. The number of anilines is 1. The van der Waals surface area contributed by atoms with Gasteiger partial charge in [0, 0.05) is 4.47 Å². The van der Waals surface area contributed by atoms with Gasteiger partial charge in [-0.05, 0) is 28.1 Å². The van der Waals surface area contributed by atoms with E-state index in [2.05, 4.69) is 20.9 Å². The molecule has 0 aliphatic rings. The highest BCUT2D eigenvalue weighted by molar-refractivity contribution is 9.10. The fourth-order valence-electron chi connectivity index (χ4n) is 0.700. The molecule has 0 amide bonds. The number of nitrogens with two attached hydrogens (primary N) is 1. The van der Waals surface area contributed by atoms with Crippen molar-refractivity contribution in [2.75, 3.05) is 5.73 Å². The van der Waals surface area contributed by atoms with Crippen LogP contribution in [-0.4, -0.2) is 4.98 Å². The lowest BCUT2D eigenvalue weighted by Crippen LogP contribution is -1.95. The van der Waals surface area contributed by atoms with Crippen LogP contribution in [0.4, 0.5) is 5.82 Å². The van der Waals surface area contributed by atoms with Crippen molar-refractivity contribution < 1.29 is 0 Å². The molecule has 1 heterocycles. The van der Waals surface area contributed by atoms with Gasteiger partial charge in [0.1, 0.15) is 5.82 Å². The third-order valence-corrected chi connectivity index (χ3v) is 1.91. The summed E-state index contributed by atoms with van der Waals surface area (Å²) in [6.07, 6.45) is 0.283. The third-order valence-electron chi connectivity index (χ3n) is 1.19. The molecule has 0 aliphatic heterocycles. The second-order valence-electron chi connectivity index (χ2n) is 2.00. The van der Waals surface area contributed by atoms with Gasteiger partial charge in [0.25, 0.3) is 0 Å². The molecular formula is C7H6BrN3. The number of pyridine rings is 1. The van der Waals surface area contributed by atoms with E-state index in [0.29, 0.717) is 11.5 Å². The molecule has 1 rings (SSSR count). The molecule has 1 aromatic rings. The molecule has 0 radical (unpaired) electrons. The van der Waals surface area contributed by atoms with Crippen LogP contribution in [0.1, 0.15) is 5.69 Å². The Labute approximate surface area is 73.0 Å². The summed E-state index contributed by atoms with van der Waals surface area (Å²) in [7, 11) is 0. The normalized spacial score (nSPS) is 9.09. The summed E-state index contributed by atoms with van der Waals surface area (Å²) in [5.74, 6) is 0.443. The van der Waals surface area contributed by atoms with E-state index in [9.17, 15) is 0 Å². The van der Waals surface area contributed by atoms with Crippen LogP contribution in [0.3, 0.4) is 0 Å². The first kappa shape index (κ1) is 8.02. The second kappa shape index (κ2) is 3.35. The van der Waals surface area contributed by atoms with Gasteiger partial charge in [0.15, 0.2) is 0 Å². The summed E-state index contributed by atoms with van der Waals surface area (Å²) < 4.78 is 0.827. The Bertz CT molecular complexity index is 303. The fraction of sp³-hybridized carbons (Fsp3) is 0.143. The predicted octanol–water partition coefficient (Wildman–Crippen LogP) is 1.49. The quantitative estimate of drug-likeness (QED) is 0.766. The molecule has 2 N–H and O–H groups in total. The molecule has 0 saturated carbocycles. The molecular weight excluding hydrogens is 206 g/mol. The van der Waals surface area contributed by atoms with Gasteiger partial charge in [0.05, 0.1) is 18.2 Å². The fourth-order valence-corrected chi connectivity index (χ4v) is 1.06. The molecule has 0 spiro atoms. The van der Waals surface area contributed by atoms with Crippen molar-refractivity contribution >= 4 is 21.7 Å². The van der Waals surface area contributed by atoms with Gasteiger partial charge in [-0.15, -0.1) is 0 Å². The molecule has 3 nitrogen and oxygen atoms in total. The summed E-state index contributed by atoms with van der Waals surface area (Å²) in [6.45, 7) is 0. The summed E-state index contributed by atoms with van der Waals surface area (Å²) in [6, 6.07) is 5.48. The minimum Gasteiger partial charge on any atom is -0.384 e. The average molecular weight is 212 g/mol. The lowest BCUT2D eigenvalue weighted by molar-refractivity contribution is 1.11. The second-order valence-corrected chi connectivity index (χ2v) is 2.85. The number of rotatable bonds is 1. The van der Waals surface area contributed by atoms with Crippen LogP contribution in [0.25, 0.3) is 0 Å². The summed E-state index contributed by atoms with van der Waals surface area (Å²) >= 11 is 3.26. The van der Waals surface area contributed by atoms with Crippen molar-refractivity contribution in [2.24, 2.45) is 0 Å². The van der Waals surface area contributed by atoms with Crippen molar-refractivity contribution in [1.29, 1.82) is 5.26 Å². The Morgan fingerprint density at radius 2 is 2.36 bits per heavy atom. The van der Waals surface area contributed by atoms with Crippen molar-refractivity contribution in [3.63, 3.8) is 0 Å². The molecule has 0 atom stereocenters. The molecule has 11 heavy (non-hydrogen) atoms. The molecule has 0 saturated heterocycles. The maximum absolute atomic E-state index is 8.38. The first-order chi connectivity index (χ1) is 5.24. The van der Waals surface area contributed by atoms with Crippen LogP contribution in [0.2, 0.25) is 0 Å². The zero-order valence-corrected chi connectivity index (χ0v) is 7.30. The number of nitrogen functional groups attached to an aromatic ring is 1. The van der Waals surface area contributed by atoms with Gasteiger partial charge in [0.2, 0.25) is 0 Å². The summed E-state index contributed by atoms with van der Waals surface area (Å²) in [5.41, 5.74) is 6.10. The monoisotopic (exact) mass is 211 g/mol. The maximum Gasteiger partial charge on any atom is 0.123 e. The van der Waals surface area contributed by atoms with Gasteiger partial charge in [-0.3, -0.25) is 0 Å². The minimum atomic E-state index is 0.283. The van der Waals surface area contributed by atoms with Gasteiger partial charge < -0.3 is 5.73 Å². The average Bonchev–Trinajstić information content (AvgIpc) is 1.98. The maximum atomic E-state index is 8.38. The molecule has 0 aromatic carbocycles. The Kier molecular flexibility index (Phi) is 2.44. The van der Waals surface area contributed by atoms with Gasteiger partial charge >= 0.3 is 0 Å². The van der Waals surface area contributed by atoms with E-state index in [1.54, 1.807) is 12.1 Å². The van der Waals surface area contributed by atoms with E-state index in [4.69, 9.17) is 11.0 Å². The lowest BCUT2D eigenvalue weighted by atomic mass is 10.3. The number of aromatic nitrogens is 1. The predicted molar refractivity (Wildman–Crippen MR) is 45.7 cm³/mol.